The molecule has 5 aromatic rings. The molecule has 5 aliphatic rings. The number of anilines is 2. The van der Waals surface area contributed by atoms with Crippen LogP contribution in [0.25, 0.3) is 16.6 Å². The van der Waals surface area contributed by atoms with Crippen LogP contribution in [0.5, 0.6) is 0 Å². The van der Waals surface area contributed by atoms with Crippen molar-refractivity contribution < 1.29 is 41.8 Å². The van der Waals surface area contributed by atoms with Gasteiger partial charge in [-0.25, -0.2) is 22.7 Å². The highest BCUT2D eigenvalue weighted by Gasteiger charge is 2.35. The van der Waals surface area contributed by atoms with E-state index in [2.05, 4.69) is 47.6 Å². The van der Waals surface area contributed by atoms with Crippen LogP contribution in [0.1, 0.15) is 103 Å². The summed E-state index contributed by atoms with van der Waals surface area (Å²) in [5.74, 6) is 5.46. The lowest BCUT2D eigenvalue weighted by Gasteiger charge is -2.38. The summed E-state index contributed by atoms with van der Waals surface area (Å²) in [7, 11) is 1.79. The van der Waals surface area contributed by atoms with Crippen LogP contribution in [-0.2, 0) is 30.8 Å². The maximum atomic E-state index is 15.5. The fraction of sp³-hybridized carbons (Fsp3) is 0.553. The third-order valence-corrected chi connectivity index (χ3v) is 13.9. The minimum atomic E-state index is -2.90. The van der Waals surface area contributed by atoms with E-state index in [1.807, 2.05) is 24.3 Å². The number of nitrogens with zero attached hydrogens (tertiary/aromatic N) is 9. The maximum Gasteiger partial charge on any atom is 0.284 e. The van der Waals surface area contributed by atoms with E-state index >= 15 is 4.39 Å². The van der Waals surface area contributed by atoms with Gasteiger partial charge in [0.1, 0.15) is 30.3 Å². The second-order valence-electron chi connectivity index (χ2n) is 18.4. The average Bonchev–Trinajstić information content (AvgIpc) is 4.03. The van der Waals surface area contributed by atoms with Crippen LogP contribution in [0.2, 0.25) is 0 Å². The van der Waals surface area contributed by atoms with Gasteiger partial charge in [-0.15, -0.1) is 0 Å². The lowest BCUT2D eigenvalue weighted by atomic mass is 9.85. The Morgan fingerprint density at radius 1 is 1.01 bits per heavy atom. The van der Waals surface area contributed by atoms with Crippen molar-refractivity contribution in [2.24, 2.45) is 13.0 Å². The van der Waals surface area contributed by atoms with Gasteiger partial charge in [0.2, 0.25) is 11.8 Å². The summed E-state index contributed by atoms with van der Waals surface area (Å²) in [4.78, 5) is 46.9. The number of benzene rings is 1. The number of rotatable bonds is 12. The summed E-state index contributed by atoms with van der Waals surface area (Å²) in [6.45, 7) is 4.50. The van der Waals surface area contributed by atoms with Gasteiger partial charge in [0.05, 0.1) is 66.0 Å². The molecule has 10 rings (SSSR count). The first kappa shape index (κ1) is 44.9. The third-order valence-electron chi connectivity index (χ3n) is 13.9. The fourth-order valence-corrected chi connectivity index (χ4v) is 10.2. The highest BCUT2D eigenvalue weighted by atomic mass is 19.3. The first-order valence-corrected chi connectivity index (χ1v) is 23.3. The number of alkyl halides is 3. The highest BCUT2D eigenvalue weighted by Crippen LogP contribution is 2.37. The van der Waals surface area contributed by atoms with Crippen molar-refractivity contribution in [3.05, 3.63) is 65.4 Å². The number of carbonyl (C=O) groups is 3. The number of fused-ring (bicyclic) bond motifs is 2. The molecule has 3 atom stereocenters. The molecule has 0 spiro atoms. The van der Waals surface area contributed by atoms with Gasteiger partial charge < -0.3 is 24.4 Å². The predicted octanol–water partition coefficient (Wildman–Crippen LogP) is 5.12. The molecule has 8 heterocycles. The normalized spacial score (nSPS) is 24.5. The van der Waals surface area contributed by atoms with Crippen LogP contribution < -0.4 is 15.5 Å². The number of ether oxygens (including phenoxy) is 3. The molecule has 3 amide bonds. The first-order chi connectivity index (χ1) is 32.5. The van der Waals surface area contributed by atoms with Gasteiger partial charge >= 0.3 is 0 Å². The second-order valence-corrected chi connectivity index (χ2v) is 18.4. The van der Waals surface area contributed by atoms with Crippen LogP contribution in [0, 0.1) is 17.8 Å². The molecule has 1 aromatic carbocycles. The molecule has 4 saturated heterocycles. The fourth-order valence-electron chi connectivity index (χ4n) is 10.2. The smallest absolute Gasteiger partial charge is 0.284 e. The summed E-state index contributed by atoms with van der Waals surface area (Å²) in [5, 5.41) is 19.1. The molecule has 0 radical (unpaired) electrons. The number of aryl methyl sites for hydroxylation is 1. The summed E-state index contributed by atoms with van der Waals surface area (Å²) >= 11 is 0. The quantitative estimate of drug-likeness (QED) is 0.125. The SMILES string of the molecule is Cn1nc(C2CCC(=O)NC2=O)c2cccc(C#CCO[C@@H]3CCN(CC4CCC(n5cc(NC(=O)c6cnn7ccc(N8CCC(OC9COC9)CC8)nc67)c(C(F)F)n5)CC4)C[C@@H]3F)c21. The second kappa shape index (κ2) is 19.4. The van der Waals surface area contributed by atoms with E-state index < -0.39 is 36.2 Å². The number of hydrogen-bond donors (Lipinski definition) is 2. The van der Waals surface area contributed by atoms with E-state index in [9.17, 15) is 23.2 Å². The molecular weight excluding hydrogens is 872 g/mol. The summed E-state index contributed by atoms with van der Waals surface area (Å²) in [5.41, 5.74) is 2.05. The van der Waals surface area contributed by atoms with Gasteiger partial charge in [-0.05, 0) is 69.4 Å². The van der Waals surface area contributed by atoms with Crippen molar-refractivity contribution >= 4 is 45.8 Å². The molecule has 2 N–H and O–H groups in total. The van der Waals surface area contributed by atoms with Crippen LogP contribution >= 0.6 is 0 Å². The number of hydrogen-bond acceptors (Lipinski definition) is 12. The molecule has 1 saturated carbocycles. The Bertz CT molecular complexity index is 2690. The number of piperidine rings is 3. The molecule has 67 heavy (non-hydrogen) atoms. The number of para-hydroxylation sites is 1. The van der Waals surface area contributed by atoms with E-state index in [4.69, 9.17) is 19.2 Å². The molecule has 5 fully saturated rings. The minimum absolute atomic E-state index is 0.0481. The number of aromatic nitrogens is 7. The van der Waals surface area contributed by atoms with Gasteiger partial charge in [-0.3, -0.25) is 34.0 Å². The average molecular weight is 926 g/mol. The number of imide groups is 1. The lowest BCUT2D eigenvalue weighted by Crippen LogP contribution is -2.47. The summed E-state index contributed by atoms with van der Waals surface area (Å²) < 4.78 is 66.2. The largest absolute Gasteiger partial charge is 0.376 e. The third kappa shape index (κ3) is 9.64. The number of likely N-dealkylation sites (tertiary alicyclic amines) is 1. The zero-order chi connectivity index (χ0) is 46.2. The van der Waals surface area contributed by atoms with E-state index in [1.54, 1.807) is 22.6 Å². The molecule has 20 heteroatoms. The maximum absolute atomic E-state index is 15.5. The number of halogens is 3. The Balaban J connectivity index is 0.695. The molecule has 0 bridgehead atoms. The van der Waals surface area contributed by atoms with Crippen molar-refractivity contribution in [2.45, 2.75) is 101 Å². The molecule has 1 unspecified atom stereocenters. The molecular formula is C47H54F3N11O6. The van der Waals surface area contributed by atoms with Crippen LogP contribution in [0.3, 0.4) is 0 Å². The van der Waals surface area contributed by atoms with Gasteiger partial charge in [0.15, 0.2) is 11.3 Å². The van der Waals surface area contributed by atoms with Gasteiger partial charge in [0.25, 0.3) is 12.3 Å². The van der Waals surface area contributed by atoms with E-state index in [1.165, 1.54) is 16.9 Å². The van der Waals surface area contributed by atoms with E-state index in [-0.39, 0.29) is 60.9 Å². The molecule has 354 valence electrons. The minimum Gasteiger partial charge on any atom is -0.376 e. The van der Waals surface area contributed by atoms with Crippen LogP contribution in [0.4, 0.5) is 24.7 Å². The van der Waals surface area contributed by atoms with Gasteiger partial charge in [-0.2, -0.15) is 15.3 Å². The summed E-state index contributed by atoms with van der Waals surface area (Å²) in [6, 6.07) is 7.35. The van der Waals surface area contributed by atoms with Gasteiger partial charge in [0, 0.05) is 64.0 Å². The van der Waals surface area contributed by atoms with Crippen molar-refractivity contribution in [1.29, 1.82) is 0 Å². The monoisotopic (exact) mass is 925 g/mol. The van der Waals surface area contributed by atoms with Crippen molar-refractivity contribution in [1.82, 2.24) is 44.4 Å². The molecule has 4 aliphatic heterocycles. The summed E-state index contributed by atoms with van der Waals surface area (Å²) in [6.07, 6.45) is 6.27. The number of carbonyl (C=O) groups excluding carboxylic acids is 3. The Morgan fingerprint density at radius 3 is 2.58 bits per heavy atom. The Hall–Kier alpha value is -5.88. The Kier molecular flexibility index (Phi) is 13.0. The van der Waals surface area contributed by atoms with E-state index in [0.717, 1.165) is 56.2 Å². The van der Waals surface area contributed by atoms with Gasteiger partial charge in [-0.1, -0.05) is 24.0 Å². The molecule has 1 aliphatic carbocycles. The topological polar surface area (TPSA) is 175 Å². The number of nitrogens with one attached hydrogen (secondary N) is 2. The van der Waals surface area contributed by atoms with Crippen molar-refractivity contribution in [3.8, 4) is 11.8 Å². The highest BCUT2D eigenvalue weighted by molar-refractivity contribution is 6.08. The molecule has 4 aromatic heterocycles. The Labute approximate surface area is 384 Å². The molecule has 17 nitrogen and oxygen atoms in total. The van der Waals surface area contributed by atoms with Crippen LogP contribution in [0.15, 0.2) is 42.9 Å². The standard InChI is InChI=1S/C47H54F3N11O6/c1-57-43-29(4-2-6-33(43)41(55-57)34-11-12-40(62)54-46(34)63)5-3-21-66-38-15-17-58(24-36(38)48)23-28-7-9-30(10-8-28)61-25-37(42(56-61)44(49)50)52-47(64)35-22-51-60-20-16-39(53-45(35)60)59-18-13-31(14-19-59)67-32-26-65-27-32/h2,4,6,16,20,22,25,28,30-32,34,36,38,44H,7-15,17-19,21,23-24,26-27H2,1H3,(H,52,64)(H,54,62,63)/t28?,30?,34?,36-,38+/m0/s1. The first-order valence-electron chi connectivity index (χ1n) is 23.3. The Morgan fingerprint density at radius 2 is 1.84 bits per heavy atom. The predicted molar refractivity (Wildman–Crippen MR) is 238 cm³/mol. The van der Waals surface area contributed by atoms with Crippen molar-refractivity contribution in [3.63, 3.8) is 0 Å². The number of amides is 3. The van der Waals surface area contributed by atoms with Crippen molar-refractivity contribution in [2.75, 3.05) is 62.8 Å². The lowest BCUT2D eigenvalue weighted by molar-refractivity contribution is -0.157. The van der Waals surface area contributed by atoms with Crippen LogP contribution in [-0.4, -0.2) is 134 Å². The van der Waals surface area contributed by atoms with E-state index in [0.29, 0.717) is 74.1 Å². The zero-order valence-corrected chi connectivity index (χ0v) is 37.3. The zero-order valence-electron chi connectivity index (χ0n) is 37.3.